The third kappa shape index (κ3) is 5.90. The highest BCUT2D eigenvalue weighted by Gasteiger charge is 2.40. The van der Waals surface area contributed by atoms with E-state index < -0.39 is 19.0 Å². The molecule has 1 amide bonds. The normalized spacial score (nSPS) is 11.8. The van der Waals surface area contributed by atoms with Crippen LogP contribution in [0, 0.1) is 13.8 Å². The molecule has 10 heteroatoms. The van der Waals surface area contributed by atoms with Gasteiger partial charge in [-0.15, -0.1) is 0 Å². The molecule has 0 radical (unpaired) electrons. The molecule has 0 aliphatic carbocycles. The summed E-state index contributed by atoms with van der Waals surface area (Å²) in [5, 5.41) is 2.65. The van der Waals surface area contributed by atoms with Gasteiger partial charge in [-0.3, -0.25) is 9.59 Å². The van der Waals surface area contributed by atoms with Crippen LogP contribution < -0.4 is 10.2 Å². The van der Waals surface area contributed by atoms with Gasteiger partial charge < -0.3 is 14.6 Å². The lowest BCUT2D eigenvalue weighted by Gasteiger charge is -2.15. The van der Waals surface area contributed by atoms with E-state index in [-0.39, 0.29) is 30.4 Å². The number of alkyl halides is 4. The summed E-state index contributed by atoms with van der Waals surface area (Å²) in [6.07, 6.45) is -3.71. The number of aromatic nitrogens is 1. The second kappa shape index (κ2) is 9.33. The minimum atomic E-state index is -4.21. The first kappa shape index (κ1) is 22.1. The molecule has 2 rings (SSSR count). The third-order valence-electron chi connectivity index (χ3n) is 4.03. The lowest BCUT2D eigenvalue weighted by molar-refractivity contribution is -0.168. The van der Waals surface area contributed by atoms with Gasteiger partial charge in [0.15, 0.2) is 0 Å². The first-order valence-electron chi connectivity index (χ1n) is 8.39. The average molecular weight is 420 g/mol. The van der Waals surface area contributed by atoms with Crippen molar-refractivity contribution in [3.63, 3.8) is 0 Å². The lowest BCUT2D eigenvalue weighted by atomic mass is 10.2. The number of aryl methyl sites for hydroxylation is 1. The molecule has 2 aromatic rings. The van der Waals surface area contributed by atoms with Crippen LogP contribution >= 0.6 is 11.3 Å². The topological polar surface area (TPSA) is 60.3 Å². The van der Waals surface area contributed by atoms with Gasteiger partial charge in [-0.1, -0.05) is 23.5 Å². The number of carbonyl (C=O) groups is 1. The summed E-state index contributed by atoms with van der Waals surface area (Å²) in [7, 11) is 0. The van der Waals surface area contributed by atoms with E-state index in [1.165, 1.54) is 10.6 Å². The number of thiazole rings is 1. The molecule has 5 nitrogen and oxygen atoms in total. The summed E-state index contributed by atoms with van der Waals surface area (Å²) < 4.78 is 56.0. The van der Waals surface area contributed by atoms with Gasteiger partial charge in [0.05, 0.1) is 6.61 Å². The van der Waals surface area contributed by atoms with Crippen LogP contribution in [0.25, 0.3) is 0 Å². The number of anilines is 1. The molecule has 0 aliphatic heterocycles. The predicted octanol–water partition coefficient (Wildman–Crippen LogP) is 3.97. The Morgan fingerprint density at radius 3 is 2.64 bits per heavy atom. The molecule has 0 bridgehead atoms. The molecule has 0 saturated carbocycles. The minimum Gasteiger partial charge on any atom is -0.370 e. The van der Waals surface area contributed by atoms with Crippen LogP contribution in [0.15, 0.2) is 29.1 Å². The van der Waals surface area contributed by atoms with Gasteiger partial charge >= 0.3 is 17.2 Å². The summed E-state index contributed by atoms with van der Waals surface area (Å²) >= 11 is 1.13. The monoisotopic (exact) mass is 420 g/mol. The smallest absolute Gasteiger partial charge is 0.330 e. The summed E-state index contributed by atoms with van der Waals surface area (Å²) in [6.45, 7) is 2.20. The van der Waals surface area contributed by atoms with E-state index in [0.717, 1.165) is 21.9 Å². The zero-order chi connectivity index (χ0) is 20.9. The van der Waals surface area contributed by atoms with Crippen molar-refractivity contribution >= 4 is 22.9 Å². The van der Waals surface area contributed by atoms with Crippen molar-refractivity contribution in [3.8, 4) is 0 Å². The Morgan fingerprint density at radius 1 is 1.32 bits per heavy atom. The molecule has 28 heavy (non-hydrogen) atoms. The number of hydrogen-bond donors (Lipinski definition) is 1. The van der Waals surface area contributed by atoms with E-state index in [1.54, 1.807) is 18.2 Å². The van der Waals surface area contributed by atoms with Crippen LogP contribution in [0.5, 0.6) is 0 Å². The number of nitrogens with one attached hydrogen (secondary N) is 1. The number of rotatable bonds is 9. The maximum atomic E-state index is 12.8. The Labute approximate surface area is 162 Å². The largest absolute Gasteiger partial charge is 0.370 e. The maximum absolute atomic E-state index is 12.8. The van der Waals surface area contributed by atoms with Gasteiger partial charge in [0.2, 0.25) is 5.91 Å². The van der Waals surface area contributed by atoms with Crippen molar-refractivity contribution in [2.75, 3.05) is 11.9 Å². The van der Waals surface area contributed by atoms with Crippen molar-refractivity contribution < 1.29 is 27.1 Å². The Balaban J connectivity index is 1.88. The second-order valence-electron chi connectivity index (χ2n) is 6.21. The highest BCUT2D eigenvalue weighted by atomic mass is 32.1. The van der Waals surface area contributed by atoms with Crippen LogP contribution in [0.1, 0.15) is 22.6 Å². The molecule has 0 aliphatic rings. The van der Waals surface area contributed by atoms with E-state index in [1.807, 2.05) is 13.8 Å². The van der Waals surface area contributed by atoms with Gasteiger partial charge in [0, 0.05) is 29.2 Å². The van der Waals surface area contributed by atoms with Gasteiger partial charge in [0.25, 0.3) is 0 Å². The standard InChI is InChI=1S/C18H20F4N2O3S/c1-11-12(2)28-17(26)24(11)7-6-15(25)23-14-5-3-4-13(8-14)9-27-10-18(21,22)16(19)20/h3-5,8,16H,6-7,9-10H2,1-2H3,(H,23,25). The SMILES string of the molecule is Cc1sc(=O)n(CCC(=O)Nc2cccc(COCC(F)(F)C(F)F)c2)c1C. The lowest BCUT2D eigenvalue weighted by Crippen LogP contribution is -2.32. The molecule has 1 N–H and O–H groups in total. The third-order valence-corrected chi connectivity index (χ3v) is 5.03. The predicted molar refractivity (Wildman–Crippen MR) is 98.3 cm³/mol. The fourth-order valence-electron chi connectivity index (χ4n) is 2.39. The van der Waals surface area contributed by atoms with Crippen LogP contribution in [-0.2, 0) is 22.7 Å². The molecule has 1 aromatic carbocycles. The molecule has 0 fully saturated rings. The summed E-state index contributed by atoms with van der Waals surface area (Å²) in [5.41, 5.74) is 1.68. The Bertz CT molecular complexity index is 880. The summed E-state index contributed by atoms with van der Waals surface area (Å²) in [6, 6.07) is 6.25. The highest BCUT2D eigenvalue weighted by Crippen LogP contribution is 2.23. The van der Waals surface area contributed by atoms with E-state index in [4.69, 9.17) is 0 Å². The van der Waals surface area contributed by atoms with Gasteiger partial charge in [0.1, 0.15) is 6.61 Å². The summed E-state index contributed by atoms with van der Waals surface area (Å²) in [4.78, 5) is 24.7. The molecule has 0 saturated heterocycles. The number of amides is 1. The zero-order valence-corrected chi connectivity index (χ0v) is 16.1. The number of benzene rings is 1. The number of halogens is 4. The molecule has 1 heterocycles. The van der Waals surface area contributed by atoms with E-state index in [9.17, 15) is 27.2 Å². The Hall–Kier alpha value is -2.20. The maximum Gasteiger partial charge on any atom is 0.330 e. The van der Waals surface area contributed by atoms with Gasteiger partial charge in [-0.2, -0.15) is 8.78 Å². The van der Waals surface area contributed by atoms with Crippen LogP contribution in [0.3, 0.4) is 0 Å². The molecule has 0 unspecified atom stereocenters. The Kier molecular flexibility index (Phi) is 7.36. The quantitative estimate of drug-likeness (QED) is 0.625. The van der Waals surface area contributed by atoms with E-state index in [0.29, 0.717) is 11.3 Å². The zero-order valence-electron chi connectivity index (χ0n) is 15.3. The first-order chi connectivity index (χ1) is 13.1. The fraction of sp³-hybridized carbons (Fsp3) is 0.444. The van der Waals surface area contributed by atoms with Gasteiger partial charge in [-0.05, 0) is 31.5 Å². The van der Waals surface area contributed by atoms with Crippen LogP contribution in [0.4, 0.5) is 23.2 Å². The first-order valence-corrected chi connectivity index (χ1v) is 9.21. The molecule has 1 aromatic heterocycles. The number of carbonyl (C=O) groups excluding carboxylic acids is 1. The number of ether oxygens (including phenoxy) is 1. The highest BCUT2D eigenvalue weighted by molar-refractivity contribution is 7.09. The van der Waals surface area contributed by atoms with E-state index >= 15 is 0 Å². The molecular formula is C18H20F4N2O3S. The van der Waals surface area contributed by atoms with E-state index in [2.05, 4.69) is 10.1 Å². The number of nitrogens with zero attached hydrogens (tertiary/aromatic N) is 1. The van der Waals surface area contributed by atoms with Crippen molar-refractivity contribution in [3.05, 3.63) is 50.1 Å². The van der Waals surface area contributed by atoms with Crippen LogP contribution in [0.2, 0.25) is 0 Å². The van der Waals surface area contributed by atoms with Gasteiger partial charge in [-0.25, -0.2) is 8.78 Å². The van der Waals surface area contributed by atoms with Crippen molar-refractivity contribution in [2.24, 2.45) is 0 Å². The molecule has 0 atom stereocenters. The fourth-order valence-corrected chi connectivity index (χ4v) is 3.25. The molecular weight excluding hydrogens is 400 g/mol. The van der Waals surface area contributed by atoms with Crippen molar-refractivity contribution in [1.82, 2.24) is 4.57 Å². The molecule has 0 spiro atoms. The second-order valence-corrected chi connectivity index (χ2v) is 7.38. The number of hydrogen-bond acceptors (Lipinski definition) is 4. The Morgan fingerprint density at radius 2 is 2.04 bits per heavy atom. The summed E-state index contributed by atoms with van der Waals surface area (Å²) in [5.74, 6) is -4.53. The van der Waals surface area contributed by atoms with Crippen molar-refractivity contribution in [1.29, 1.82) is 0 Å². The van der Waals surface area contributed by atoms with Crippen LogP contribution in [-0.4, -0.2) is 29.4 Å². The minimum absolute atomic E-state index is 0.0816. The van der Waals surface area contributed by atoms with Crippen molar-refractivity contribution in [2.45, 2.75) is 45.8 Å². The average Bonchev–Trinajstić information content (AvgIpc) is 2.85. The molecule has 154 valence electrons.